The highest BCUT2D eigenvalue weighted by molar-refractivity contribution is 5.63. The summed E-state index contributed by atoms with van der Waals surface area (Å²) >= 11 is 0. The summed E-state index contributed by atoms with van der Waals surface area (Å²) < 4.78 is 24.8. The summed E-state index contributed by atoms with van der Waals surface area (Å²) in [5.74, 6) is 1.62. The van der Waals surface area contributed by atoms with Crippen molar-refractivity contribution in [3.8, 4) is 11.5 Å². The summed E-state index contributed by atoms with van der Waals surface area (Å²) in [5.41, 5.74) is 1.16. The molecule has 1 aromatic rings. The summed E-state index contributed by atoms with van der Waals surface area (Å²) in [4.78, 5) is 2.58. The average Bonchev–Trinajstić information content (AvgIpc) is 3.28. The van der Waals surface area contributed by atoms with E-state index < -0.39 is 16.8 Å². The van der Waals surface area contributed by atoms with E-state index in [4.69, 9.17) is 18.9 Å². The molecule has 6 nitrogen and oxygen atoms in total. The summed E-state index contributed by atoms with van der Waals surface area (Å²) in [5, 5.41) is 12.4. The molecule has 6 heteroatoms. The zero-order valence-electron chi connectivity index (χ0n) is 17.0. The third kappa shape index (κ3) is 1.93. The Bertz CT molecular complexity index is 878. The maximum atomic E-state index is 12.4. The van der Waals surface area contributed by atoms with E-state index >= 15 is 0 Å². The Morgan fingerprint density at radius 3 is 2.76 bits per heavy atom. The fraction of sp³-hybridized carbons (Fsp3) is 0.739. The van der Waals surface area contributed by atoms with Crippen molar-refractivity contribution in [3.05, 3.63) is 23.3 Å². The van der Waals surface area contributed by atoms with Gasteiger partial charge in [-0.25, -0.2) is 0 Å². The Balaban J connectivity index is 1.44. The van der Waals surface area contributed by atoms with Gasteiger partial charge < -0.3 is 24.1 Å². The first-order chi connectivity index (χ1) is 14.1. The van der Waals surface area contributed by atoms with E-state index in [0.717, 1.165) is 43.3 Å². The molecule has 4 fully saturated rings. The van der Waals surface area contributed by atoms with Crippen molar-refractivity contribution in [1.82, 2.24) is 4.90 Å². The average molecular weight is 399 g/mol. The molecule has 2 bridgehead atoms. The molecule has 1 N–H and O–H groups in total. The smallest absolute Gasteiger partial charge is 0.207 e. The molecule has 0 unspecified atom stereocenters. The Hall–Kier alpha value is -1.34. The highest BCUT2D eigenvalue weighted by Gasteiger charge is 2.77. The molecule has 156 valence electrons. The minimum absolute atomic E-state index is 0.133. The lowest BCUT2D eigenvalue weighted by Gasteiger charge is -2.65. The highest BCUT2D eigenvalue weighted by Crippen LogP contribution is 2.68. The van der Waals surface area contributed by atoms with Crippen molar-refractivity contribution in [3.63, 3.8) is 0 Å². The van der Waals surface area contributed by atoms with Crippen molar-refractivity contribution in [2.75, 3.05) is 33.4 Å². The van der Waals surface area contributed by atoms with Gasteiger partial charge in [-0.05, 0) is 56.2 Å². The van der Waals surface area contributed by atoms with Gasteiger partial charge in [0.05, 0.1) is 31.3 Å². The number of fused-ring (bicyclic) bond motifs is 1. The van der Waals surface area contributed by atoms with Gasteiger partial charge in [0.25, 0.3) is 0 Å². The van der Waals surface area contributed by atoms with Crippen molar-refractivity contribution in [1.29, 1.82) is 0 Å². The van der Waals surface area contributed by atoms with Gasteiger partial charge in [0.15, 0.2) is 17.6 Å². The molecule has 6 aliphatic rings. The van der Waals surface area contributed by atoms with Crippen LogP contribution in [0.5, 0.6) is 11.5 Å². The predicted molar refractivity (Wildman–Crippen MR) is 104 cm³/mol. The highest BCUT2D eigenvalue weighted by atomic mass is 16.8. The number of hydrogen-bond acceptors (Lipinski definition) is 6. The van der Waals surface area contributed by atoms with E-state index in [1.807, 2.05) is 6.07 Å². The molecule has 2 saturated carbocycles. The Labute approximate surface area is 171 Å². The van der Waals surface area contributed by atoms with Gasteiger partial charge in [-0.2, -0.15) is 0 Å². The second-order valence-electron chi connectivity index (χ2n) is 9.94. The Kier molecular flexibility index (Phi) is 3.27. The number of methoxy groups -OCH3 is 1. The third-order valence-corrected chi connectivity index (χ3v) is 8.75. The van der Waals surface area contributed by atoms with Crippen molar-refractivity contribution in [2.24, 2.45) is 5.92 Å². The first-order valence-corrected chi connectivity index (χ1v) is 11.2. The second-order valence-corrected chi connectivity index (χ2v) is 9.94. The van der Waals surface area contributed by atoms with Crippen LogP contribution in [0.3, 0.4) is 0 Å². The van der Waals surface area contributed by atoms with Gasteiger partial charge in [-0.3, -0.25) is 4.90 Å². The number of piperidine rings is 1. The zero-order valence-corrected chi connectivity index (χ0v) is 17.0. The predicted octanol–water partition coefficient (Wildman–Crippen LogP) is 2.00. The van der Waals surface area contributed by atoms with Crippen LogP contribution in [0, 0.1) is 5.92 Å². The monoisotopic (exact) mass is 399 g/mol. The molecule has 2 spiro atoms. The van der Waals surface area contributed by atoms with Crippen LogP contribution in [0.25, 0.3) is 0 Å². The zero-order chi connectivity index (χ0) is 19.4. The van der Waals surface area contributed by atoms with Gasteiger partial charge in [-0.15, -0.1) is 0 Å². The van der Waals surface area contributed by atoms with Gasteiger partial charge >= 0.3 is 0 Å². The van der Waals surface area contributed by atoms with E-state index in [-0.39, 0.29) is 12.1 Å². The molecule has 7 rings (SSSR count). The van der Waals surface area contributed by atoms with Crippen molar-refractivity contribution >= 4 is 0 Å². The first-order valence-electron chi connectivity index (χ1n) is 11.2. The first kappa shape index (κ1) is 17.4. The molecular formula is C23H29NO5. The number of hydrogen-bond donors (Lipinski definition) is 1. The number of aliphatic hydroxyl groups is 1. The number of likely N-dealkylation sites (tertiary alicyclic amines) is 1. The van der Waals surface area contributed by atoms with Crippen LogP contribution in [0.4, 0.5) is 0 Å². The molecule has 0 radical (unpaired) electrons. The maximum Gasteiger partial charge on any atom is 0.207 e. The van der Waals surface area contributed by atoms with Gasteiger partial charge in [0.1, 0.15) is 0 Å². The molecule has 2 saturated heterocycles. The number of nitrogens with zero attached hydrogens (tertiary/aromatic N) is 1. The second kappa shape index (κ2) is 5.47. The molecule has 1 aromatic carbocycles. The molecular weight excluding hydrogens is 370 g/mol. The summed E-state index contributed by atoms with van der Waals surface area (Å²) in [7, 11) is 1.69. The molecule has 3 heterocycles. The largest absolute Gasteiger partial charge is 0.493 e. The number of rotatable bonds is 3. The summed E-state index contributed by atoms with van der Waals surface area (Å²) in [6, 6.07) is 4.35. The van der Waals surface area contributed by atoms with Crippen LogP contribution in [0.2, 0.25) is 0 Å². The van der Waals surface area contributed by atoms with E-state index in [1.54, 1.807) is 7.11 Å². The molecule has 3 aliphatic heterocycles. The van der Waals surface area contributed by atoms with E-state index in [1.165, 1.54) is 24.0 Å². The van der Waals surface area contributed by atoms with Crippen molar-refractivity contribution < 1.29 is 24.1 Å². The van der Waals surface area contributed by atoms with Gasteiger partial charge in [-0.1, -0.05) is 6.07 Å². The normalized spacial score (nSPS) is 41.3. The lowest BCUT2D eigenvalue weighted by molar-refractivity contribution is -0.296. The van der Waals surface area contributed by atoms with Gasteiger partial charge in [0.2, 0.25) is 5.79 Å². The van der Waals surface area contributed by atoms with E-state index in [2.05, 4.69) is 11.0 Å². The number of benzene rings is 1. The SMILES string of the molecule is COc1ccc2c3c1O[C@H]1C4(CC[C@@]5(O)[C@@H](C2)N(CC2CC2)CC[C@]315)OCCO4. The van der Waals surface area contributed by atoms with Crippen molar-refractivity contribution in [2.45, 2.75) is 67.5 Å². The molecule has 0 aromatic heterocycles. The number of ether oxygens (including phenoxy) is 4. The van der Waals surface area contributed by atoms with Crippen LogP contribution in [0.1, 0.15) is 43.2 Å². The summed E-state index contributed by atoms with van der Waals surface area (Å²) in [6.07, 6.45) is 5.46. The van der Waals surface area contributed by atoms with Crippen LogP contribution in [-0.2, 0) is 21.3 Å². The third-order valence-electron chi connectivity index (χ3n) is 8.75. The minimum Gasteiger partial charge on any atom is -0.493 e. The van der Waals surface area contributed by atoms with E-state index in [0.29, 0.717) is 26.1 Å². The molecule has 4 atom stereocenters. The van der Waals surface area contributed by atoms with Crippen LogP contribution in [-0.4, -0.2) is 67.0 Å². The molecule has 0 amide bonds. The molecule has 29 heavy (non-hydrogen) atoms. The Morgan fingerprint density at radius 2 is 2.00 bits per heavy atom. The fourth-order valence-electron chi connectivity index (χ4n) is 7.36. The minimum atomic E-state index is -0.823. The lowest BCUT2D eigenvalue weighted by Crippen LogP contribution is -2.79. The standard InChI is InChI=1S/C23H29NO5/c1-26-16-5-4-15-12-17-22(25)6-7-23(27-10-11-28-23)20-21(22,18(15)19(16)29-20)8-9-24(17)13-14-2-3-14/h4-5,14,17,20,25H,2-3,6-13H2,1H3/t17-,20-,21+,22-/m1/s1. The summed E-state index contributed by atoms with van der Waals surface area (Å²) in [6.45, 7) is 3.29. The van der Waals surface area contributed by atoms with Gasteiger partial charge in [0, 0.05) is 24.6 Å². The lowest BCUT2D eigenvalue weighted by atomic mass is 9.48. The fourth-order valence-corrected chi connectivity index (χ4v) is 7.36. The van der Waals surface area contributed by atoms with Crippen LogP contribution >= 0.6 is 0 Å². The Morgan fingerprint density at radius 1 is 1.17 bits per heavy atom. The van der Waals surface area contributed by atoms with E-state index in [9.17, 15) is 5.11 Å². The topological polar surface area (TPSA) is 60.4 Å². The maximum absolute atomic E-state index is 12.4. The van der Waals surface area contributed by atoms with Crippen LogP contribution < -0.4 is 9.47 Å². The quantitative estimate of drug-likeness (QED) is 0.839. The van der Waals surface area contributed by atoms with Crippen LogP contribution in [0.15, 0.2) is 12.1 Å². The molecule has 3 aliphatic carbocycles.